The van der Waals surface area contributed by atoms with Crippen molar-refractivity contribution in [3.8, 4) is 5.88 Å². The van der Waals surface area contributed by atoms with E-state index in [1.165, 1.54) is 0 Å². The summed E-state index contributed by atoms with van der Waals surface area (Å²) in [6.45, 7) is 1.45. The Balaban J connectivity index is 1.34. The minimum Gasteiger partial charge on any atom is -0.470 e. The Bertz CT molecular complexity index is 886. The topological polar surface area (TPSA) is 62.7 Å². The Morgan fingerprint density at radius 3 is 2.70 bits per heavy atom. The molecule has 2 fully saturated rings. The van der Waals surface area contributed by atoms with E-state index >= 15 is 0 Å². The number of amides is 2. The second-order valence-corrected chi connectivity index (χ2v) is 8.43. The average Bonchev–Trinajstić information content (AvgIpc) is 3.00. The number of hydrogen-bond donors (Lipinski definition) is 0. The summed E-state index contributed by atoms with van der Waals surface area (Å²) in [5.74, 6) is 0.225. The smallest absolute Gasteiger partial charge is 0.228 e. The van der Waals surface area contributed by atoms with E-state index < -0.39 is 0 Å². The number of anilines is 1. The zero-order chi connectivity index (χ0) is 19.0. The molecule has 3 heterocycles. The quantitative estimate of drug-likeness (QED) is 0.654. The van der Waals surface area contributed by atoms with Crippen LogP contribution in [0.2, 0.25) is 0 Å². The lowest BCUT2D eigenvalue weighted by atomic mass is 10.0. The highest BCUT2D eigenvalue weighted by molar-refractivity contribution is 9.10. The fourth-order valence-electron chi connectivity index (χ4n) is 3.33. The second-order valence-electron chi connectivity index (χ2n) is 6.66. The Morgan fingerprint density at radius 1 is 1.15 bits per heavy atom. The normalized spacial score (nSPS) is 19.9. The molecule has 1 unspecified atom stereocenters. The lowest BCUT2D eigenvalue weighted by molar-refractivity contribution is -0.144. The van der Waals surface area contributed by atoms with Crippen LogP contribution in [-0.4, -0.2) is 47.4 Å². The van der Waals surface area contributed by atoms with E-state index in [0.29, 0.717) is 25.5 Å². The van der Waals surface area contributed by atoms with Gasteiger partial charge >= 0.3 is 0 Å². The van der Waals surface area contributed by atoms with E-state index in [1.807, 2.05) is 36.4 Å². The molecule has 2 amide bonds. The van der Waals surface area contributed by atoms with Gasteiger partial charge in [0.1, 0.15) is 6.10 Å². The van der Waals surface area contributed by atoms with Gasteiger partial charge < -0.3 is 14.5 Å². The van der Waals surface area contributed by atoms with Gasteiger partial charge in [0.15, 0.2) is 0 Å². The number of ether oxygens (including phenoxy) is 1. The van der Waals surface area contributed by atoms with Crippen molar-refractivity contribution in [2.24, 2.45) is 5.92 Å². The van der Waals surface area contributed by atoms with Gasteiger partial charge in [-0.25, -0.2) is 4.98 Å². The van der Waals surface area contributed by atoms with Crippen molar-refractivity contribution < 1.29 is 14.3 Å². The maximum Gasteiger partial charge on any atom is 0.228 e. The molecule has 0 bridgehead atoms. The van der Waals surface area contributed by atoms with Gasteiger partial charge in [-0.05, 0) is 46.3 Å². The van der Waals surface area contributed by atoms with Crippen LogP contribution in [-0.2, 0) is 9.59 Å². The number of carbonyl (C=O) groups is 2. The van der Waals surface area contributed by atoms with Crippen molar-refractivity contribution in [3.05, 3.63) is 51.5 Å². The fraction of sp³-hybridized carbons (Fsp3) is 0.316. The maximum absolute atomic E-state index is 12.7. The van der Waals surface area contributed by atoms with Crippen LogP contribution in [0, 0.1) is 5.92 Å². The first-order valence-electron chi connectivity index (χ1n) is 8.63. The molecular formula is C19H17Br2N3O3. The highest BCUT2D eigenvalue weighted by Gasteiger charge is 2.41. The van der Waals surface area contributed by atoms with Gasteiger partial charge in [-0.2, -0.15) is 0 Å². The van der Waals surface area contributed by atoms with Crippen LogP contribution in [0.25, 0.3) is 0 Å². The highest BCUT2D eigenvalue weighted by atomic mass is 79.9. The largest absolute Gasteiger partial charge is 0.470 e. The van der Waals surface area contributed by atoms with Crippen molar-refractivity contribution in [1.29, 1.82) is 0 Å². The number of benzene rings is 1. The minimum absolute atomic E-state index is 0.0146. The molecule has 1 atom stereocenters. The van der Waals surface area contributed by atoms with Gasteiger partial charge in [-0.3, -0.25) is 9.59 Å². The second kappa shape index (κ2) is 7.59. The van der Waals surface area contributed by atoms with E-state index in [0.717, 1.165) is 14.6 Å². The molecule has 0 aliphatic carbocycles. The number of likely N-dealkylation sites (tertiary alicyclic amines) is 1. The monoisotopic (exact) mass is 493 g/mol. The number of nitrogens with zero attached hydrogens (tertiary/aromatic N) is 3. The molecular weight excluding hydrogens is 478 g/mol. The Kier molecular flexibility index (Phi) is 5.19. The molecule has 2 aliphatic heterocycles. The molecule has 0 N–H and O–H groups in total. The third-order valence-corrected chi connectivity index (χ3v) is 5.85. The fourth-order valence-corrected chi connectivity index (χ4v) is 4.07. The number of pyridine rings is 1. The first-order valence-corrected chi connectivity index (χ1v) is 10.2. The minimum atomic E-state index is -0.306. The molecule has 2 aliphatic rings. The number of aromatic nitrogens is 1. The zero-order valence-electron chi connectivity index (χ0n) is 14.3. The molecule has 1 aromatic carbocycles. The summed E-state index contributed by atoms with van der Waals surface area (Å²) in [6.07, 6.45) is 1.85. The number of rotatable bonds is 4. The van der Waals surface area contributed by atoms with Crippen LogP contribution in [0.15, 0.2) is 51.5 Å². The number of hydrogen-bond acceptors (Lipinski definition) is 4. The third kappa shape index (κ3) is 3.87. The summed E-state index contributed by atoms with van der Waals surface area (Å²) in [7, 11) is 0. The molecule has 1 aromatic heterocycles. The van der Waals surface area contributed by atoms with Crippen LogP contribution in [0.3, 0.4) is 0 Å². The van der Waals surface area contributed by atoms with Crippen molar-refractivity contribution in [2.75, 3.05) is 24.5 Å². The Morgan fingerprint density at radius 2 is 1.96 bits per heavy atom. The lowest BCUT2D eigenvalue weighted by Crippen LogP contribution is -2.57. The van der Waals surface area contributed by atoms with Gasteiger partial charge in [0.05, 0.1) is 23.5 Å². The maximum atomic E-state index is 12.7. The van der Waals surface area contributed by atoms with E-state index in [9.17, 15) is 9.59 Å². The summed E-state index contributed by atoms with van der Waals surface area (Å²) < 4.78 is 7.52. The SMILES string of the molecule is O=C(C1CC(=O)N(c2cccc(Br)c2)C1)N1CC(Oc2ncccc2Br)C1. The number of carbonyl (C=O) groups excluding carboxylic acids is 2. The highest BCUT2D eigenvalue weighted by Crippen LogP contribution is 2.30. The van der Waals surface area contributed by atoms with Gasteiger partial charge in [0.2, 0.25) is 17.7 Å². The molecule has 2 saturated heterocycles. The van der Waals surface area contributed by atoms with Gasteiger partial charge in [0.25, 0.3) is 0 Å². The summed E-state index contributed by atoms with van der Waals surface area (Å²) >= 11 is 6.82. The molecule has 2 aromatic rings. The summed E-state index contributed by atoms with van der Waals surface area (Å²) in [4.78, 5) is 32.7. The van der Waals surface area contributed by atoms with E-state index in [-0.39, 0.29) is 30.3 Å². The van der Waals surface area contributed by atoms with E-state index in [2.05, 4.69) is 36.8 Å². The van der Waals surface area contributed by atoms with Crippen LogP contribution < -0.4 is 9.64 Å². The summed E-state index contributed by atoms with van der Waals surface area (Å²) in [5.41, 5.74) is 0.814. The van der Waals surface area contributed by atoms with Gasteiger partial charge in [0, 0.05) is 29.3 Å². The van der Waals surface area contributed by atoms with Crippen molar-refractivity contribution in [2.45, 2.75) is 12.5 Å². The Labute approximate surface area is 173 Å². The van der Waals surface area contributed by atoms with Crippen molar-refractivity contribution in [3.63, 3.8) is 0 Å². The van der Waals surface area contributed by atoms with Crippen LogP contribution in [0.4, 0.5) is 5.69 Å². The Hall–Kier alpha value is -1.93. The summed E-state index contributed by atoms with van der Waals surface area (Å²) in [5, 5.41) is 0. The van der Waals surface area contributed by atoms with Crippen LogP contribution in [0.5, 0.6) is 5.88 Å². The first kappa shape index (κ1) is 18.4. The molecule has 0 radical (unpaired) electrons. The molecule has 4 rings (SSSR count). The zero-order valence-corrected chi connectivity index (χ0v) is 17.5. The van der Waals surface area contributed by atoms with Crippen LogP contribution >= 0.6 is 31.9 Å². The van der Waals surface area contributed by atoms with Crippen molar-refractivity contribution in [1.82, 2.24) is 9.88 Å². The standard InChI is InChI=1S/C19H17Br2N3O3/c20-13-3-1-4-14(8-13)24-9-12(7-17(24)25)19(26)23-10-15(11-23)27-18-16(21)5-2-6-22-18/h1-6,8,12,15H,7,9-11H2. The number of halogens is 2. The predicted molar refractivity (Wildman–Crippen MR) is 108 cm³/mol. The van der Waals surface area contributed by atoms with E-state index in [1.54, 1.807) is 16.0 Å². The predicted octanol–water partition coefficient (Wildman–Crippen LogP) is 3.25. The van der Waals surface area contributed by atoms with E-state index in [4.69, 9.17) is 4.74 Å². The molecule has 27 heavy (non-hydrogen) atoms. The molecule has 140 valence electrons. The van der Waals surface area contributed by atoms with Gasteiger partial charge in [-0.15, -0.1) is 0 Å². The lowest BCUT2D eigenvalue weighted by Gasteiger charge is -2.40. The molecule has 8 heteroatoms. The first-order chi connectivity index (χ1) is 13.0. The summed E-state index contributed by atoms with van der Waals surface area (Å²) in [6, 6.07) is 11.3. The molecule has 6 nitrogen and oxygen atoms in total. The average molecular weight is 495 g/mol. The van der Waals surface area contributed by atoms with Crippen LogP contribution in [0.1, 0.15) is 6.42 Å². The molecule has 0 spiro atoms. The van der Waals surface area contributed by atoms with Crippen molar-refractivity contribution >= 4 is 49.4 Å². The third-order valence-electron chi connectivity index (χ3n) is 4.76. The molecule has 0 saturated carbocycles. The van der Waals surface area contributed by atoms with Gasteiger partial charge in [-0.1, -0.05) is 22.0 Å².